The van der Waals surface area contributed by atoms with E-state index < -0.39 is 5.54 Å². The van der Waals surface area contributed by atoms with Crippen molar-refractivity contribution in [2.75, 3.05) is 24.6 Å². The van der Waals surface area contributed by atoms with Crippen LogP contribution < -0.4 is 10.6 Å². The van der Waals surface area contributed by atoms with Crippen molar-refractivity contribution in [2.45, 2.75) is 39.2 Å². The highest BCUT2D eigenvalue weighted by atomic mass is 16.5. The van der Waals surface area contributed by atoms with E-state index in [1.54, 1.807) is 0 Å². The van der Waals surface area contributed by atoms with Crippen molar-refractivity contribution in [3.63, 3.8) is 0 Å². The second-order valence-corrected chi connectivity index (χ2v) is 5.88. The zero-order chi connectivity index (χ0) is 15.5. The first-order valence-corrected chi connectivity index (χ1v) is 7.79. The predicted molar refractivity (Wildman–Crippen MR) is 85.3 cm³/mol. The molecule has 1 aliphatic rings. The van der Waals surface area contributed by atoms with Crippen LogP contribution in [-0.4, -0.2) is 31.2 Å². The van der Waals surface area contributed by atoms with Gasteiger partial charge in [-0.3, -0.25) is 0 Å². The molecule has 1 fully saturated rings. The van der Waals surface area contributed by atoms with E-state index in [4.69, 9.17) is 10.5 Å². The number of likely N-dealkylation sites (N-methyl/N-ethyl adjacent to an activating group) is 1. The van der Waals surface area contributed by atoms with Gasteiger partial charge in [0, 0.05) is 18.8 Å². The Morgan fingerprint density at radius 2 is 1.95 bits per heavy atom. The maximum Gasteiger partial charge on any atom is 0.328 e. The summed E-state index contributed by atoms with van der Waals surface area (Å²) in [6.07, 6.45) is 2.03. The number of ether oxygens (including phenoxy) is 1. The number of hydrogen-bond acceptors (Lipinski definition) is 4. The molecule has 0 spiro atoms. The highest BCUT2D eigenvalue weighted by molar-refractivity contribution is 5.82. The summed E-state index contributed by atoms with van der Waals surface area (Å²) in [6.45, 7) is 7.67. The van der Waals surface area contributed by atoms with Crippen molar-refractivity contribution >= 4 is 11.7 Å². The van der Waals surface area contributed by atoms with Crippen LogP contribution in [0.5, 0.6) is 0 Å². The molecule has 4 heteroatoms. The zero-order valence-electron chi connectivity index (χ0n) is 13.3. The Bertz CT molecular complexity index is 482. The van der Waals surface area contributed by atoms with Gasteiger partial charge >= 0.3 is 5.97 Å². The molecule has 21 heavy (non-hydrogen) atoms. The Balaban J connectivity index is 2.17. The Morgan fingerprint density at radius 3 is 2.43 bits per heavy atom. The fraction of sp³-hybridized carbons (Fsp3) is 0.588. The van der Waals surface area contributed by atoms with Gasteiger partial charge in [0.2, 0.25) is 0 Å². The average Bonchev–Trinajstić information content (AvgIpc) is 3.31. The first-order valence-electron chi connectivity index (χ1n) is 7.79. The average molecular weight is 290 g/mol. The minimum atomic E-state index is -0.892. The van der Waals surface area contributed by atoms with Crippen molar-refractivity contribution in [3.05, 3.63) is 29.8 Å². The van der Waals surface area contributed by atoms with Gasteiger partial charge in [0.05, 0.1) is 6.61 Å². The molecule has 4 nitrogen and oxygen atoms in total. The van der Waals surface area contributed by atoms with E-state index >= 15 is 0 Å². The fourth-order valence-electron chi connectivity index (χ4n) is 2.68. The summed E-state index contributed by atoms with van der Waals surface area (Å²) >= 11 is 0. The largest absolute Gasteiger partial charge is 0.465 e. The molecular weight excluding hydrogens is 264 g/mol. The normalized spacial score (nSPS) is 17.1. The Morgan fingerprint density at radius 1 is 1.33 bits per heavy atom. The number of esters is 1. The topological polar surface area (TPSA) is 55.6 Å². The Labute approximate surface area is 127 Å². The van der Waals surface area contributed by atoms with Crippen molar-refractivity contribution in [1.29, 1.82) is 0 Å². The van der Waals surface area contributed by atoms with Crippen LogP contribution in [0.1, 0.15) is 32.3 Å². The predicted octanol–water partition coefficient (Wildman–Crippen LogP) is 2.49. The van der Waals surface area contributed by atoms with Gasteiger partial charge in [-0.15, -0.1) is 0 Å². The third-order valence-corrected chi connectivity index (χ3v) is 4.19. The van der Waals surface area contributed by atoms with Crippen molar-refractivity contribution in [1.82, 2.24) is 0 Å². The van der Waals surface area contributed by atoms with Crippen molar-refractivity contribution < 1.29 is 9.53 Å². The summed E-state index contributed by atoms with van der Waals surface area (Å²) in [5, 5.41) is 0. The van der Waals surface area contributed by atoms with Crippen LogP contribution in [0, 0.1) is 12.8 Å². The lowest BCUT2D eigenvalue weighted by Gasteiger charge is -2.34. The second kappa shape index (κ2) is 6.48. The molecule has 0 saturated heterocycles. The molecule has 1 atom stereocenters. The molecule has 1 aliphatic carbocycles. The quantitative estimate of drug-likeness (QED) is 0.784. The lowest BCUT2D eigenvalue weighted by Crippen LogP contribution is -2.58. The first kappa shape index (κ1) is 15.8. The molecule has 1 aromatic carbocycles. The van der Waals surface area contributed by atoms with Gasteiger partial charge < -0.3 is 15.4 Å². The molecule has 2 rings (SSSR count). The number of rotatable bonds is 7. The van der Waals surface area contributed by atoms with E-state index in [1.165, 1.54) is 5.56 Å². The van der Waals surface area contributed by atoms with Gasteiger partial charge in [-0.2, -0.15) is 0 Å². The van der Waals surface area contributed by atoms with Gasteiger partial charge in [0.15, 0.2) is 0 Å². The third kappa shape index (κ3) is 3.56. The molecule has 0 aliphatic heterocycles. The summed E-state index contributed by atoms with van der Waals surface area (Å²) in [5.74, 6) is -0.0193. The van der Waals surface area contributed by atoms with Gasteiger partial charge in [-0.1, -0.05) is 17.7 Å². The van der Waals surface area contributed by atoms with Crippen LogP contribution >= 0.6 is 0 Å². The zero-order valence-corrected chi connectivity index (χ0v) is 13.3. The first-order chi connectivity index (χ1) is 10.0. The molecule has 0 aromatic heterocycles. The molecular formula is C17H26N2O2. The van der Waals surface area contributed by atoms with E-state index in [1.807, 2.05) is 6.92 Å². The van der Waals surface area contributed by atoms with Crippen LogP contribution in [0.4, 0.5) is 5.69 Å². The van der Waals surface area contributed by atoms with Crippen LogP contribution in [0.3, 0.4) is 0 Å². The molecule has 1 aromatic rings. The number of carbonyl (C=O) groups is 1. The number of nitrogens with two attached hydrogens (primary N) is 1. The molecule has 116 valence electrons. The van der Waals surface area contributed by atoms with E-state index in [0.29, 0.717) is 13.2 Å². The van der Waals surface area contributed by atoms with E-state index in [9.17, 15) is 4.79 Å². The highest BCUT2D eigenvalue weighted by Crippen LogP contribution is 2.40. The standard InChI is InChI=1S/C17H26N2O2/c1-4-19(15-10-6-13(3)7-11-15)12-17(18,14-8-9-14)16(20)21-5-2/h6-7,10-11,14H,4-5,8-9,12,18H2,1-3H3. The molecule has 1 unspecified atom stereocenters. The van der Waals surface area contributed by atoms with E-state index in [2.05, 4.69) is 43.0 Å². The molecule has 0 radical (unpaired) electrons. The van der Waals surface area contributed by atoms with Crippen molar-refractivity contribution in [2.24, 2.45) is 11.7 Å². The molecule has 1 saturated carbocycles. The molecule has 0 heterocycles. The highest BCUT2D eigenvalue weighted by Gasteiger charge is 2.50. The van der Waals surface area contributed by atoms with Gasteiger partial charge in [0.25, 0.3) is 0 Å². The number of nitrogens with zero attached hydrogens (tertiary/aromatic N) is 1. The number of hydrogen-bond donors (Lipinski definition) is 1. The second-order valence-electron chi connectivity index (χ2n) is 5.88. The number of anilines is 1. The molecule has 0 amide bonds. The van der Waals surface area contributed by atoms with Gasteiger partial charge in [-0.25, -0.2) is 4.79 Å². The van der Waals surface area contributed by atoms with E-state index in [0.717, 1.165) is 25.1 Å². The van der Waals surface area contributed by atoms with Crippen LogP contribution in [0.25, 0.3) is 0 Å². The number of carbonyl (C=O) groups excluding carboxylic acids is 1. The summed E-state index contributed by atoms with van der Waals surface area (Å²) in [6, 6.07) is 8.32. The SMILES string of the molecule is CCOC(=O)C(N)(CN(CC)c1ccc(C)cc1)C1CC1. The minimum Gasteiger partial charge on any atom is -0.465 e. The lowest BCUT2D eigenvalue weighted by molar-refractivity contribution is -0.150. The summed E-state index contributed by atoms with van der Waals surface area (Å²) < 4.78 is 5.22. The van der Waals surface area contributed by atoms with Gasteiger partial charge in [0.1, 0.15) is 5.54 Å². The number of aryl methyl sites for hydroxylation is 1. The molecule has 0 bridgehead atoms. The minimum absolute atomic E-state index is 0.246. The van der Waals surface area contributed by atoms with Crippen LogP contribution in [0.15, 0.2) is 24.3 Å². The lowest BCUT2D eigenvalue weighted by atomic mass is 9.93. The Hall–Kier alpha value is -1.55. The molecule has 2 N–H and O–H groups in total. The third-order valence-electron chi connectivity index (χ3n) is 4.19. The monoisotopic (exact) mass is 290 g/mol. The maximum absolute atomic E-state index is 12.3. The van der Waals surface area contributed by atoms with Gasteiger partial charge in [-0.05, 0) is 51.7 Å². The fourth-order valence-corrected chi connectivity index (χ4v) is 2.68. The van der Waals surface area contributed by atoms with E-state index in [-0.39, 0.29) is 11.9 Å². The Kier molecular flexibility index (Phi) is 4.88. The summed E-state index contributed by atoms with van der Waals surface area (Å²) in [7, 11) is 0. The summed E-state index contributed by atoms with van der Waals surface area (Å²) in [5.41, 5.74) is 7.89. The number of benzene rings is 1. The van der Waals surface area contributed by atoms with Crippen molar-refractivity contribution in [3.8, 4) is 0 Å². The smallest absolute Gasteiger partial charge is 0.328 e. The summed E-state index contributed by atoms with van der Waals surface area (Å²) in [4.78, 5) is 14.5. The van der Waals surface area contributed by atoms with Crippen LogP contribution in [-0.2, 0) is 9.53 Å². The van der Waals surface area contributed by atoms with Crippen LogP contribution in [0.2, 0.25) is 0 Å². The maximum atomic E-state index is 12.3.